The van der Waals surface area contributed by atoms with Crippen LogP contribution in [0.25, 0.3) is 0 Å². The van der Waals surface area contributed by atoms with E-state index in [2.05, 4.69) is 22.9 Å². The third kappa shape index (κ3) is 2.29. The zero-order valence-corrected chi connectivity index (χ0v) is 9.32. The van der Waals surface area contributed by atoms with Gasteiger partial charge in [-0.15, -0.1) is 0 Å². The van der Waals surface area contributed by atoms with E-state index in [0.717, 1.165) is 30.4 Å². The molecule has 15 heavy (non-hydrogen) atoms. The Kier molecular flexibility index (Phi) is 3.21. The van der Waals surface area contributed by atoms with Crippen LogP contribution in [0.4, 0.5) is 5.82 Å². The molecule has 0 spiro atoms. The molecule has 1 saturated heterocycles. The second-order valence-electron chi connectivity index (χ2n) is 4.38. The maximum Gasteiger partial charge on any atom is 0.133 e. The summed E-state index contributed by atoms with van der Waals surface area (Å²) in [5.74, 6) is 1.86. The third-order valence-corrected chi connectivity index (χ3v) is 3.04. The summed E-state index contributed by atoms with van der Waals surface area (Å²) in [7, 11) is 0. The summed E-state index contributed by atoms with van der Waals surface area (Å²) < 4.78 is 0. The molecule has 2 N–H and O–H groups in total. The number of piperidine rings is 1. The second kappa shape index (κ2) is 4.62. The largest absolute Gasteiger partial charge is 0.356 e. The molecule has 1 aromatic rings. The number of rotatable bonds is 2. The summed E-state index contributed by atoms with van der Waals surface area (Å²) in [4.78, 5) is 6.82. The number of hydrogen-bond acceptors (Lipinski definition) is 3. The van der Waals surface area contributed by atoms with Crippen LogP contribution in [-0.2, 0) is 6.54 Å². The van der Waals surface area contributed by atoms with Gasteiger partial charge in [-0.25, -0.2) is 4.98 Å². The monoisotopic (exact) mass is 205 g/mol. The van der Waals surface area contributed by atoms with Crippen molar-refractivity contribution in [3.63, 3.8) is 0 Å². The Morgan fingerprint density at radius 3 is 3.20 bits per heavy atom. The van der Waals surface area contributed by atoms with Crippen molar-refractivity contribution in [2.45, 2.75) is 26.3 Å². The summed E-state index contributed by atoms with van der Waals surface area (Å²) in [5.41, 5.74) is 6.88. The zero-order valence-electron chi connectivity index (χ0n) is 9.32. The number of pyridine rings is 1. The van der Waals surface area contributed by atoms with Crippen LogP contribution in [-0.4, -0.2) is 18.1 Å². The molecule has 0 unspecified atom stereocenters. The normalized spacial score (nSPS) is 21.7. The number of aromatic nitrogens is 1. The van der Waals surface area contributed by atoms with Crippen molar-refractivity contribution in [1.29, 1.82) is 0 Å². The lowest BCUT2D eigenvalue weighted by Gasteiger charge is -2.32. The summed E-state index contributed by atoms with van der Waals surface area (Å²) >= 11 is 0. The van der Waals surface area contributed by atoms with Gasteiger partial charge < -0.3 is 10.6 Å². The smallest absolute Gasteiger partial charge is 0.133 e. The molecular formula is C12H19N3. The first-order chi connectivity index (χ1) is 7.31. The van der Waals surface area contributed by atoms with Gasteiger partial charge in [0.15, 0.2) is 0 Å². The molecule has 3 nitrogen and oxygen atoms in total. The lowest BCUT2D eigenvalue weighted by molar-refractivity contribution is 0.444. The van der Waals surface area contributed by atoms with Crippen molar-refractivity contribution < 1.29 is 0 Å². The van der Waals surface area contributed by atoms with Crippen LogP contribution in [0.5, 0.6) is 0 Å². The summed E-state index contributed by atoms with van der Waals surface area (Å²) in [5, 5.41) is 0. The average molecular weight is 205 g/mol. The molecule has 2 rings (SSSR count). The van der Waals surface area contributed by atoms with E-state index in [0.29, 0.717) is 6.54 Å². The van der Waals surface area contributed by atoms with E-state index in [9.17, 15) is 0 Å². The number of nitrogens with two attached hydrogens (primary N) is 1. The van der Waals surface area contributed by atoms with Gasteiger partial charge in [-0.1, -0.05) is 13.0 Å². The Morgan fingerprint density at radius 1 is 1.60 bits per heavy atom. The summed E-state index contributed by atoms with van der Waals surface area (Å²) in [6, 6.07) is 4.03. The van der Waals surface area contributed by atoms with Gasteiger partial charge in [0, 0.05) is 31.4 Å². The Hall–Kier alpha value is -1.09. The van der Waals surface area contributed by atoms with Gasteiger partial charge in [-0.05, 0) is 24.8 Å². The molecule has 82 valence electrons. The number of hydrogen-bond donors (Lipinski definition) is 1. The van der Waals surface area contributed by atoms with Crippen LogP contribution in [0, 0.1) is 5.92 Å². The van der Waals surface area contributed by atoms with Crippen LogP contribution >= 0.6 is 0 Å². The molecule has 2 heterocycles. The Balaban J connectivity index is 2.20. The van der Waals surface area contributed by atoms with Gasteiger partial charge in [0.2, 0.25) is 0 Å². The molecule has 1 aromatic heterocycles. The second-order valence-corrected chi connectivity index (χ2v) is 4.38. The van der Waals surface area contributed by atoms with Crippen molar-refractivity contribution >= 4 is 5.82 Å². The number of anilines is 1. The van der Waals surface area contributed by atoms with Crippen LogP contribution in [0.15, 0.2) is 18.3 Å². The van der Waals surface area contributed by atoms with E-state index in [-0.39, 0.29) is 0 Å². The molecule has 1 fully saturated rings. The van der Waals surface area contributed by atoms with Crippen molar-refractivity contribution in [3.05, 3.63) is 23.9 Å². The van der Waals surface area contributed by atoms with Crippen molar-refractivity contribution in [1.82, 2.24) is 4.98 Å². The van der Waals surface area contributed by atoms with Crippen LogP contribution in [0.1, 0.15) is 25.3 Å². The van der Waals surface area contributed by atoms with E-state index in [1.165, 1.54) is 12.8 Å². The molecule has 0 saturated carbocycles. The minimum absolute atomic E-state index is 0.577. The fourth-order valence-corrected chi connectivity index (χ4v) is 2.26. The first kappa shape index (κ1) is 10.4. The van der Waals surface area contributed by atoms with E-state index < -0.39 is 0 Å². The topological polar surface area (TPSA) is 42.2 Å². The predicted octanol–water partition coefficient (Wildman–Crippen LogP) is 1.78. The summed E-state index contributed by atoms with van der Waals surface area (Å²) in [6.45, 7) is 5.11. The first-order valence-corrected chi connectivity index (χ1v) is 5.70. The van der Waals surface area contributed by atoms with E-state index in [1.54, 1.807) is 0 Å². The van der Waals surface area contributed by atoms with Gasteiger partial charge in [-0.2, -0.15) is 0 Å². The zero-order chi connectivity index (χ0) is 10.7. The quantitative estimate of drug-likeness (QED) is 0.800. The Labute approximate surface area is 91.3 Å². The molecule has 3 heteroatoms. The van der Waals surface area contributed by atoms with Gasteiger partial charge in [-0.3, -0.25) is 0 Å². The van der Waals surface area contributed by atoms with E-state index in [4.69, 9.17) is 5.73 Å². The van der Waals surface area contributed by atoms with Crippen LogP contribution in [0.2, 0.25) is 0 Å². The van der Waals surface area contributed by atoms with Crippen molar-refractivity contribution in [2.24, 2.45) is 11.7 Å². The third-order valence-electron chi connectivity index (χ3n) is 3.04. The van der Waals surface area contributed by atoms with Crippen LogP contribution in [0.3, 0.4) is 0 Å². The van der Waals surface area contributed by atoms with Crippen molar-refractivity contribution in [2.75, 3.05) is 18.0 Å². The average Bonchev–Trinajstić information content (AvgIpc) is 2.29. The molecule has 0 radical (unpaired) electrons. The van der Waals surface area contributed by atoms with E-state index in [1.807, 2.05) is 12.3 Å². The highest BCUT2D eigenvalue weighted by Crippen LogP contribution is 2.23. The highest BCUT2D eigenvalue weighted by molar-refractivity contribution is 5.46. The molecule has 1 aliphatic rings. The minimum Gasteiger partial charge on any atom is -0.356 e. The van der Waals surface area contributed by atoms with Crippen molar-refractivity contribution in [3.8, 4) is 0 Å². The highest BCUT2D eigenvalue weighted by Gasteiger charge is 2.18. The standard InChI is InChI=1S/C12H19N3/c1-10-4-3-7-15(9-10)12-11(8-13)5-2-6-14-12/h2,5-6,10H,3-4,7-9,13H2,1H3/t10-/m0/s1. The SMILES string of the molecule is C[C@H]1CCCN(c2ncccc2CN)C1. The molecule has 1 atom stereocenters. The fourth-order valence-electron chi connectivity index (χ4n) is 2.26. The summed E-state index contributed by atoms with van der Waals surface area (Å²) in [6.07, 6.45) is 4.46. The molecular weight excluding hydrogens is 186 g/mol. The lowest BCUT2D eigenvalue weighted by atomic mass is 10.00. The van der Waals surface area contributed by atoms with Gasteiger partial charge in [0.05, 0.1) is 0 Å². The fraction of sp³-hybridized carbons (Fsp3) is 0.583. The number of nitrogens with zero attached hydrogens (tertiary/aromatic N) is 2. The van der Waals surface area contributed by atoms with Crippen LogP contribution < -0.4 is 10.6 Å². The minimum atomic E-state index is 0.577. The van der Waals surface area contributed by atoms with Gasteiger partial charge >= 0.3 is 0 Å². The predicted molar refractivity (Wildman–Crippen MR) is 62.7 cm³/mol. The lowest BCUT2D eigenvalue weighted by Crippen LogP contribution is -2.35. The molecule has 0 aliphatic carbocycles. The highest BCUT2D eigenvalue weighted by atomic mass is 15.2. The molecule has 0 bridgehead atoms. The molecule has 1 aliphatic heterocycles. The molecule has 0 aromatic carbocycles. The maximum atomic E-state index is 5.73. The maximum absolute atomic E-state index is 5.73. The Bertz CT molecular complexity index is 324. The van der Waals surface area contributed by atoms with Gasteiger partial charge in [0.1, 0.15) is 5.82 Å². The van der Waals surface area contributed by atoms with Gasteiger partial charge in [0.25, 0.3) is 0 Å². The Morgan fingerprint density at radius 2 is 2.47 bits per heavy atom. The van der Waals surface area contributed by atoms with E-state index >= 15 is 0 Å². The first-order valence-electron chi connectivity index (χ1n) is 5.70. The molecule has 0 amide bonds.